The average Bonchev–Trinajstić information content (AvgIpc) is 3.48. The lowest BCUT2D eigenvalue weighted by Crippen LogP contribution is -2.39. The number of piperidine rings is 1. The lowest BCUT2D eigenvalue weighted by Gasteiger charge is -2.33. The maximum absolute atomic E-state index is 15.3. The lowest BCUT2D eigenvalue weighted by atomic mass is 10.0. The number of hydrogen-bond acceptors (Lipinski definition) is 7. The largest absolute Gasteiger partial charge is 0.381 e. The van der Waals surface area contributed by atoms with E-state index in [1.807, 2.05) is 18.2 Å². The van der Waals surface area contributed by atoms with E-state index < -0.39 is 0 Å². The molecular weight excluding hydrogens is 624 g/mol. The number of fused-ring (bicyclic) bond motifs is 2. The molecule has 3 atom stereocenters. The molecule has 44 heavy (non-hydrogen) atoms. The fourth-order valence-electron chi connectivity index (χ4n) is 6.83. The summed E-state index contributed by atoms with van der Waals surface area (Å²) >= 11 is 14.5. The van der Waals surface area contributed by atoms with Crippen LogP contribution in [0.5, 0.6) is 0 Å². The van der Waals surface area contributed by atoms with E-state index in [0.29, 0.717) is 63.5 Å². The topological polar surface area (TPSA) is 76.8 Å². The summed E-state index contributed by atoms with van der Waals surface area (Å²) in [6.07, 6.45) is 6.78. The summed E-state index contributed by atoms with van der Waals surface area (Å²) in [5.74, 6) is 1.30. The first kappa shape index (κ1) is 30.4. The molecule has 7 nitrogen and oxygen atoms in total. The van der Waals surface area contributed by atoms with Gasteiger partial charge in [0.15, 0.2) is 0 Å². The van der Waals surface area contributed by atoms with E-state index in [2.05, 4.69) is 14.8 Å². The van der Waals surface area contributed by atoms with Crippen LogP contribution in [0.15, 0.2) is 40.9 Å². The van der Waals surface area contributed by atoms with Crippen molar-refractivity contribution < 1.29 is 23.2 Å². The van der Waals surface area contributed by atoms with Crippen molar-refractivity contribution in [2.45, 2.75) is 81.3 Å². The van der Waals surface area contributed by atoms with Gasteiger partial charge in [-0.2, -0.15) is 0 Å². The van der Waals surface area contributed by atoms with Crippen molar-refractivity contribution in [3.05, 3.63) is 69.1 Å². The van der Waals surface area contributed by atoms with Gasteiger partial charge in [0.2, 0.25) is 5.91 Å². The number of halogens is 3. The molecule has 0 spiro atoms. The maximum Gasteiger partial charge on any atom is 0.230 e. The smallest absolute Gasteiger partial charge is 0.230 e. The maximum atomic E-state index is 15.3. The van der Waals surface area contributed by atoms with Crippen molar-refractivity contribution in [1.82, 2.24) is 9.88 Å². The van der Waals surface area contributed by atoms with Gasteiger partial charge in [-0.3, -0.25) is 9.52 Å². The van der Waals surface area contributed by atoms with Crippen LogP contribution in [0.25, 0.3) is 11.3 Å². The minimum absolute atomic E-state index is 0.0218. The van der Waals surface area contributed by atoms with Gasteiger partial charge in [0, 0.05) is 60.4 Å². The summed E-state index contributed by atoms with van der Waals surface area (Å²) in [5.41, 5.74) is 3.73. The number of carbonyl (C=O) groups excluding carboxylic acids is 1. The Bertz CT molecular complexity index is 1490. The molecule has 2 aliphatic heterocycles. The molecule has 1 N–H and O–H groups in total. The van der Waals surface area contributed by atoms with Crippen LogP contribution in [-0.2, 0) is 27.3 Å². The van der Waals surface area contributed by atoms with Crippen molar-refractivity contribution in [3.63, 3.8) is 0 Å². The predicted octanol–water partition coefficient (Wildman–Crippen LogP) is 7.72. The number of nitrogens with one attached hydrogen (secondary N) is 1. The van der Waals surface area contributed by atoms with Crippen LogP contribution < -0.4 is 9.62 Å². The van der Waals surface area contributed by atoms with E-state index in [1.54, 1.807) is 18.2 Å². The summed E-state index contributed by atoms with van der Waals surface area (Å²) in [4.78, 5) is 14.5. The second kappa shape index (κ2) is 13.2. The number of benzene rings is 2. The van der Waals surface area contributed by atoms with Crippen LogP contribution in [0.3, 0.4) is 0 Å². The fourth-order valence-corrected chi connectivity index (χ4v) is 8.24. The summed E-state index contributed by atoms with van der Waals surface area (Å²) in [6, 6.07) is 11.1. The first-order valence-electron chi connectivity index (χ1n) is 15.6. The van der Waals surface area contributed by atoms with Crippen LogP contribution in [0.4, 0.5) is 10.1 Å². The molecule has 2 aromatic carbocycles. The predicted molar refractivity (Wildman–Crippen MR) is 171 cm³/mol. The monoisotopic (exact) mass is 659 g/mol. The van der Waals surface area contributed by atoms with Crippen molar-refractivity contribution in [2.75, 3.05) is 24.7 Å². The molecule has 2 bridgehead atoms. The molecular formula is C33H36Cl2FN3O4S. The van der Waals surface area contributed by atoms with Crippen LogP contribution in [0.1, 0.15) is 67.8 Å². The highest BCUT2D eigenvalue weighted by molar-refractivity contribution is 7.98. The Hall–Kier alpha value is -2.30. The summed E-state index contributed by atoms with van der Waals surface area (Å²) in [6.45, 7) is 2.62. The molecule has 2 aliphatic carbocycles. The number of amides is 1. The number of rotatable bonds is 11. The summed E-state index contributed by atoms with van der Waals surface area (Å²) in [7, 11) is 0. The van der Waals surface area contributed by atoms with Gasteiger partial charge in [-0.15, -0.1) is 0 Å². The van der Waals surface area contributed by atoms with Crippen molar-refractivity contribution >= 4 is 46.7 Å². The number of ether oxygens (including phenoxy) is 2. The Kier molecular flexibility index (Phi) is 9.11. The van der Waals surface area contributed by atoms with Crippen LogP contribution >= 0.6 is 35.1 Å². The lowest BCUT2D eigenvalue weighted by molar-refractivity contribution is -0.119. The van der Waals surface area contributed by atoms with E-state index in [9.17, 15) is 4.79 Å². The highest BCUT2D eigenvalue weighted by atomic mass is 35.5. The molecule has 1 amide bonds. The van der Waals surface area contributed by atoms with Gasteiger partial charge in [0.1, 0.15) is 17.3 Å². The second-order valence-electron chi connectivity index (χ2n) is 12.4. The Morgan fingerprint density at radius 1 is 1.11 bits per heavy atom. The van der Waals surface area contributed by atoms with Gasteiger partial charge in [0.25, 0.3) is 0 Å². The third-order valence-corrected chi connectivity index (χ3v) is 11.1. The van der Waals surface area contributed by atoms with Gasteiger partial charge in [-0.1, -0.05) is 40.5 Å². The Balaban J connectivity index is 0.942. The number of carbonyl (C=O) groups is 1. The Morgan fingerprint density at radius 2 is 1.91 bits per heavy atom. The number of aryl methyl sites for hydroxylation is 1. The molecule has 1 aromatic heterocycles. The fraction of sp³-hybridized carbons (Fsp3) is 0.515. The number of anilines is 1. The third kappa shape index (κ3) is 6.49. The van der Waals surface area contributed by atoms with E-state index in [4.69, 9.17) is 37.2 Å². The quantitative estimate of drug-likeness (QED) is 0.211. The third-order valence-electron chi connectivity index (χ3n) is 9.35. The number of hydrogen-bond donors (Lipinski definition) is 1. The average molecular weight is 661 g/mol. The number of aromatic nitrogens is 1. The molecule has 4 fully saturated rings. The van der Waals surface area contributed by atoms with Gasteiger partial charge >= 0.3 is 0 Å². The summed E-state index contributed by atoms with van der Waals surface area (Å²) in [5, 5.41) is 5.85. The van der Waals surface area contributed by atoms with Crippen molar-refractivity contribution in [1.29, 1.82) is 0 Å². The van der Waals surface area contributed by atoms with Crippen LogP contribution in [-0.4, -0.2) is 48.2 Å². The highest BCUT2D eigenvalue weighted by Crippen LogP contribution is 2.47. The summed E-state index contributed by atoms with van der Waals surface area (Å²) < 4.78 is 36.0. The van der Waals surface area contributed by atoms with Crippen molar-refractivity contribution in [3.8, 4) is 11.3 Å². The van der Waals surface area contributed by atoms with Gasteiger partial charge in [-0.05, 0) is 86.7 Å². The highest BCUT2D eigenvalue weighted by Gasteiger charge is 2.46. The SMILES string of the molecule is O=C(CCc1ccc(N2C[C@@H]3C[C@H]2C[C@H]3OCc2c(-c3c(Cl)cccc3Cl)noc2C2CC2)c(F)c1)NSC1CCOCC1. The zero-order chi connectivity index (χ0) is 30.2. The first-order valence-corrected chi connectivity index (χ1v) is 17.2. The molecule has 2 saturated carbocycles. The molecule has 4 aliphatic rings. The zero-order valence-corrected chi connectivity index (χ0v) is 26.7. The molecule has 2 saturated heterocycles. The normalized spacial score (nSPS) is 23.4. The molecule has 234 valence electrons. The molecule has 0 unspecified atom stereocenters. The van der Waals surface area contributed by atoms with Gasteiger partial charge in [0.05, 0.1) is 28.4 Å². The Labute approximate surface area is 271 Å². The van der Waals surface area contributed by atoms with E-state index in [1.165, 1.54) is 11.9 Å². The molecule has 11 heteroatoms. The minimum atomic E-state index is -0.232. The van der Waals surface area contributed by atoms with E-state index in [-0.39, 0.29) is 23.9 Å². The van der Waals surface area contributed by atoms with E-state index in [0.717, 1.165) is 75.2 Å². The molecule has 3 heterocycles. The first-order chi connectivity index (χ1) is 21.4. The zero-order valence-electron chi connectivity index (χ0n) is 24.4. The minimum Gasteiger partial charge on any atom is -0.381 e. The number of nitrogens with zero attached hydrogens (tertiary/aromatic N) is 2. The van der Waals surface area contributed by atoms with E-state index >= 15 is 4.39 Å². The molecule has 3 aromatic rings. The van der Waals surface area contributed by atoms with Crippen molar-refractivity contribution in [2.24, 2.45) is 5.92 Å². The molecule has 0 radical (unpaired) electrons. The Morgan fingerprint density at radius 3 is 2.61 bits per heavy atom. The van der Waals surface area contributed by atoms with Gasteiger partial charge < -0.3 is 18.9 Å². The standard InChI is InChI=1S/C33H36Cl2FN3O4S/c34-25-2-1-3-26(35)31(25)32-24(33(43-37-32)20-6-7-20)18-42-29-16-22-15-21(29)17-39(22)28-8-4-19(14-27(28)36)5-9-30(40)38-44-23-10-12-41-13-11-23/h1-4,8,14,20-23,29H,5-7,9-13,15-18H2,(H,38,40)/t21-,22-,29+/m0/s1. The van der Waals surface area contributed by atoms with Gasteiger partial charge in [-0.25, -0.2) is 4.39 Å². The molecule has 7 rings (SSSR count). The second-order valence-corrected chi connectivity index (χ2v) is 14.3. The van der Waals surface area contributed by atoms with Crippen LogP contribution in [0, 0.1) is 11.7 Å². The van der Waals surface area contributed by atoms with Crippen LogP contribution in [0.2, 0.25) is 10.0 Å².